The van der Waals surface area contributed by atoms with E-state index in [4.69, 9.17) is 55.9 Å². The highest BCUT2D eigenvalue weighted by atomic mass is 35.5. The highest BCUT2D eigenvalue weighted by Crippen LogP contribution is 2.37. The molecule has 7 heteroatoms. The van der Waals surface area contributed by atoms with Crippen molar-refractivity contribution < 1.29 is 9.47 Å². The fourth-order valence-electron chi connectivity index (χ4n) is 1.38. The molecule has 0 bridgehead atoms. The van der Waals surface area contributed by atoms with Gasteiger partial charge in [-0.15, -0.1) is 0 Å². The van der Waals surface area contributed by atoms with Gasteiger partial charge in [-0.1, -0.05) is 46.4 Å². The molecule has 0 aromatic heterocycles. The van der Waals surface area contributed by atoms with Gasteiger partial charge in [0.2, 0.25) is 0 Å². The van der Waals surface area contributed by atoms with E-state index < -0.39 is 0 Å². The summed E-state index contributed by atoms with van der Waals surface area (Å²) in [6.45, 7) is 1.63. The fourth-order valence-corrected chi connectivity index (χ4v) is 2.08. The Morgan fingerprint density at radius 1 is 1.20 bits per heavy atom. The lowest BCUT2D eigenvalue weighted by atomic mass is 10.3. The first-order valence-corrected chi connectivity index (χ1v) is 7.46. The van der Waals surface area contributed by atoms with E-state index in [2.05, 4.69) is 5.32 Å². The van der Waals surface area contributed by atoms with E-state index in [-0.39, 0.29) is 11.1 Å². The number of hydrogen-bond acceptors (Lipinski definition) is 3. The summed E-state index contributed by atoms with van der Waals surface area (Å²) in [5.74, 6) is 0.983. The van der Waals surface area contributed by atoms with Crippen molar-refractivity contribution in [2.45, 2.75) is 6.42 Å². The first-order valence-electron chi connectivity index (χ1n) is 5.95. The lowest BCUT2D eigenvalue weighted by Crippen LogP contribution is -2.11. The number of ether oxygens (including phenoxy) is 2. The third-order valence-electron chi connectivity index (χ3n) is 2.28. The minimum absolute atomic E-state index is 0.145. The third-order valence-corrected chi connectivity index (χ3v) is 3.15. The Morgan fingerprint density at radius 2 is 1.85 bits per heavy atom. The quantitative estimate of drug-likeness (QED) is 0.684. The van der Waals surface area contributed by atoms with Crippen LogP contribution in [0.3, 0.4) is 0 Å². The van der Waals surface area contributed by atoms with Crippen LogP contribution in [0.4, 0.5) is 0 Å². The topological polar surface area (TPSA) is 30.5 Å². The maximum absolute atomic E-state index is 6.12. The molecule has 112 valence electrons. The summed E-state index contributed by atoms with van der Waals surface area (Å²) in [4.78, 5) is 0. The second kappa shape index (κ2) is 9.59. The van der Waals surface area contributed by atoms with Gasteiger partial charge in [-0.05, 0) is 26.1 Å². The SMILES string of the molecule is CNCCCOc1c(Cl)cc(OCC=C(Cl)Cl)cc1Cl. The van der Waals surface area contributed by atoms with Crippen molar-refractivity contribution in [2.24, 2.45) is 0 Å². The molecule has 0 spiro atoms. The molecule has 0 saturated carbocycles. The van der Waals surface area contributed by atoms with E-state index in [9.17, 15) is 0 Å². The van der Waals surface area contributed by atoms with Crippen LogP contribution in [-0.2, 0) is 0 Å². The lowest BCUT2D eigenvalue weighted by molar-refractivity contribution is 0.309. The van der Waals surface area contributed by atoms with Gasteiger partial charge in [0.15, 0.2) is 5.75 Å². The van der Waals surface area contributed by atoms with Crippen molar-refractivity contribution in [2.75, 3.05) is 26.8 Å². The zero-order valence-corrected chi connectivity index (χ0v) is 13.9. The minimum atomic E-state index is 0.145. The molecule has 0 aliphatic carbocycles. The molecule has 0 amide bonds. The molecule has 0 aliphatic heterocycles. The van der Waals surface area contributed by atoms with Gasteiger partial charge in [0.1, 0.15) is 16.8 Å². The van der Waals surface area contributed by atoms with Crippen LogP contribution in [0.5, 0.6) is 11.5 Å². The molecule has 1 aromatic carbocycles. The molecule has 0 fully saturated rings. The number of nitrogens with one attached hydrogen (secondary N) is 1. The maximum atomic E-state index is 6.12. The van der Waals surface area contributed by atoms with E-state index in [0.717, 1.165) is 13.0 Å². The average molecular weight is 359 g/mol. The van der Waals surface area contributed by atoms with Crippen LogP contribution >= 0.6 is 46.4 Å². The average Bonchev–Trinajstić information content (AvgIpc) is 2.36. The highest BCUT2D eigenvalue weighted by molar-refractivity contribution is 6.55. The van der Waals surface area contributed by atoms with Crippen LogP contribution in [0.25, 0.3) is 0 Å². The second-order valence-corrected chi connectivity index (χ2v) is 5.65. The Kier molecular flexibility index (Phi) is 8.50. The van der Waals surface area contributed by atoms with Crippen LogP contribution in [0.1, 0.15) is 6.42 Å². The monoisotopic (exact) mass is 357 g/mol. The molecule has 0 aliphatic rings. The molecular formula is C13H15Cl4NO2. The van der Waals surface area contributed by atoms with Crippen molar-refractivity contribution in [1.29, 1.82) is 0 Å². The number of benzene rings is 1. The maximum Gasteiger partial charge on any atom is 0.156 e. The number of halogens is 4. The van der Waals surface area contributed by atoms with Crippen LogP contribution in [0.2, 0.25) is 10.0 Å². The highest BCUT2D eigenvalue weighted by Gasteiger charge is 2.10. The van der Waals surface area contributed by atoms with Gasteiger partial charge in [0, 0.05) is 12.1 Å². The van der Waals surface area contributed by atoms with Crippen molar-refractivity contribution in [3.8, 4) is 11.5 Å². The van der Waals surface area contributed by atoms with E-state index in [1.807, 2.05) is 7.05 Å². The first kappa shape index (κ1) is 17.7. The molecule has 0 atom stereocenters. The molecule has 0 radical (unpaired) electrons. The Bertz CT molecular complexity index is 439. The van der Waals surface area contributed by atoms with Crippen molar-refractivity contribution in [3.63, 3.8) is 0 Å². The van der Waals surface area contributed by atoms with Crippen LogP contribution < -0.4 is 14.8 Å². The van der Waals surface area contributed by atoms with Crippen LogP contribution in [0.15, 0.2) is 22.7 Å². The molecule has 0 saturated heterocycles. The van der Waals surface area contributed by atoms with Crippen molar-refractivity contribution in [3.05, 3.63) is 32.7 Å². The minimum Gasteiger partial charge on any atom is -0.490 e. The zero-order chi connectivity index (χ0) is 15.0. The van der Waals surface area contributed by atoms with Crippen molar-refractivity contribution in [1.82, 2.24) is 5.32 Å². The molecule has 0 heterocycles. The Morgan fingerprint density at radius 3 is 2.40 bits per heavy atom. The van der Waals surface area contributed by atoms with Gasteiger partial charge in [-0.2, -0.15) is 0 Å². The van der Waals surface area contributed by atoms with Crippen molar-refractivity contribution >= 4 is 46.4 Å². The normalized spacial score (nSPS) is 10.2. The third kappa shape index (κ3) is 6.42. The fraction of sp³-hybridized carbons (Fsp3) is 0.385. The molecule has 3 nitrogen and oxygen atoms in total. The van der Waals surface area contributed by atoms with Gasteiger partial charge in [0.05, 0.1) is 16.7 Å². The van der Waals surface area contributed by atoms with Gasteiger partial charge >= 0.3 is 0 Å². The van der Waals surface area contributed by atoms with Crippen LogP contribution in [0, 0.1) is 0 Å². The molecule has 20 heavy (non-hydrogen) atoms. The summed E-state index contributed by atoms with van der Waals surface area (Å²) in [6, 6.07) is 3.27. The Hall–Kier alpha value is -0.320. The molecule has 1 rings (SSSR count). The second-order valence-electron chi connectivity index (χ2n) is 3.83. The lowest BCUT2D eigenvalue weighted by Gasteiger charge is -2.12. The number of hydrogen-bond donors (Lipinski definition) is 1. The summed E-state index contributed by atoms with van der Waals surface area (Å²) in [5.41, 5.74) is 0. The molecule has 1 aromatic rings. The summed E-state index contributed by atoms with van der Waals surface area (Å²) >= 11 is 23.2. The Labute approximate surface area is 138 Å². The summed E-state index contributed by atoms with van der Waals surface area (Å²) < 4.78 is 11.1. The van der Waals surface area contributed by atoms with Gasteiger partial charge < -0.3 is 14.8 Å². The predicted octanol–water partition coefficient (Wildman–Crippen LogP) is 4.68. The van der Waals surface area contributed by atoms with Gasteiger partial charge in [-0.25, -0.2) is 0 Å². The van der Waals surface area contributed by atoms with E-state index >= 15 is 0 Å². The Balaban J connectivity index is 2.63. The number of rotatable bonds is 8. The van der Waals surface area contributed by atoms with Crippen LogP contribution in [-0.4, -0.2) is 26.8 Å². The first-order chi connectivity index (χ1) is 9.54. The summed E-state index contributed by atoms with van der Waals surface area (Å²) in [7, 11) is 1.88. The molecule has 1 N–H and O–H groups in total. The molecular weight excluding hydrogens is 344 g/mol. The van der Waals surface area contributed by atoms with Gasteiger partial charge in [-0.3, -0.25) is 0 Å². The zero-order valence-electron chi connectivity index (χ0n) is 10.9. The van der Waals surface area contributed by atoms with E-state index in [0.29, 0.717) is 28.2 Å². The smallest absolute Gasteiger partial charge is 0.156 e. The van der Waals surface area contributed by atoms with Gasteiger partial charge in [0.25, 0.3) is 0 Å². The summed E-state index contributed by atoms with van der Waals surface area (Å²) in [6.07, 6.45) is 2.38. The summed E-state index contributed by atoms with van der Waals surface area (Å²) in [5, 5.41) is 3.83. The van der Waals surface area contributed by atoms with E-state index in [1.54, 1.807) is 12.1 Å². The van der Waals surface area contributed by atoms with E-state index in [1.165, 1.54) is 6.08 Å². The predicted molar refractivity (Wildman–Crippen MR) is 85.8 cm³/mol. The largest absolute Gasteiger partial charge is 0.490 e. The molecule has 0 unspecified atom stereocenters. The standard InChI is InChI=1S/C13H15Cl4NO2/c1-18-4-2-5-20-13-10(14)7-9(8-11(13)15)19-6-3-12(16)17/h3,7-8,18H,2,4-6H2,1H3.